The number of primary amides is 1. The Morgan fingerprint density at radius 3 is 2.36 bits per heavy atom. The molecule has 0 atom stereocenters. The number of carbonyl (C=O) groups excluding carboxylic acids is 1. The molecule has 0 aliphatic heterocycles. The van der Waals surface area contributed by atoms with Crippen molar-refractivity contribution in [3.8, 4) is 5.69 Å². The van der Waals surface area contributed by atoms with E-state index in [0.717, 1.165) is 5.56 Å². The summed E-state index contributed by atoms with van der Waals surface area (Å²) in [5.74, 6) is 0.682. The first-order chi connectivity index (χ1) is 13.3. The van der Waals surface area contributed by atoms with Crippen molar-refractivity contribution < 1.29 is 13.2 Å². The molecule has 0 radical (unpaired) electrons. The van der Waals surface area contributed by atoms with Gasteiger partial charge < -0.3 is 11.1 Å². The maximum Gasteiger partial charge on any atom is 0.238 e. The van der Waals surface area contributed by atoms with E-state index < -0.39 is 15.9 Å². The van der Waals surface area contributed by atoms with Crippen LogP contribution in [0.3, 0.4) is 0 Å². The lowest BCUT2D eigenvalue weighted by atomic mass is 10.1. The molecule has 10 heteroatoms. The molecule has 2 aromatic carbocycles. The first kappa shape index (κ1) is 19.7. The highest BCUT2D eigenvalue weighted by Gasteiger charge is 2.14. The van der Waals surface area contributed by atoms with Gasteiger partial charge in [0.1, 0.15) is 5.82 Å². The minimum atomic E-state index is -3.78. The van der Waals surface area contributed by atoms with Crippen molar-refractivity contribution in [2.45, 2.75) is 17.9 Å². The van der Waals surface area contributed by atoms with Crippen LogP contribution in [0.1, 0.15) is 17.2 Å². The second-order valence-electron chi connectivity index (χ2n) is 6.13. The Morgan fingerprint density at radius 2 is 1.75 bits per heavy atom. The molecule has 1 aromatic heterocycles. The molecule has 0 unspecified atom stereocenters. The molecule has 0 saturated carbocycles. The summed E-state index contributed by atoms with van der Waals surface area (Å²) in [4.78, 5) is 15.5. The SMILES string of the molecule is NC(=O)CNCc1nc(Cc2ccccc2)nn1-c1ccc(S(N)(=O)=O)cc1. The van der Waals surface area contributed by atoms with E-state index in [-0.39, 0.29) is 18.0 Å². The fourth-order valence-electron chi connectivity index (χ4n) is 2.64. The van der Waals surface area contributed by atoms with Gasteiger partial charge in [-0.25, -0.2) is 23.2 Å². The van der Waals surface area contributed by atoms with Gasteiger partial charge in [-0.2, -0.15) is 5.10 Å². The Kier molecular flexibility index (Phi) is 5.83. The smallest absolute Gasteiger partial charge is 0.238 e. The van der Waals surface area contributed by atoms with E-state index in [0.29, 0.717) is 23.8 Å². The van der Waals surface area contributed by atoms with Crippen LogP contribution in [0.15, 0.2) is 59.5 Å². The molecule has 28 heavy (non-hydrogen) atoms. The number of sulfonamides is 1. The zero-order valence-corrected chi connectivity index (χ0v) is 15.8. The van der Waals surface area contributed by atoms with Crippen LogP contribution in [-0.2, 0) is 27.8 Å². The third-order valence-corrected chi connectivity index (χ3v) is 4.84. The van der Waals surface area contributed by atoms with Gasteiger partial charge in [0.2, 0.25) is 15.9 Å². The van der Waals surface area contributed by atoms with Crippen LogP contribution < -0.4 is 16.2 Å². The highest BCUT2D eigenvalue weighted by atomic mass is 32.2. The average Bonchev–Trinajstić information content (AvgIpc) is 3.04. The Bertz CT molecular complexity index is 1060. The fraction of sp³-hybridized carbons (Fsp3) is 0.167. The van der Waals surface area contributed by atoms with Crippen LogP contribution >= 0.6 is 0 Å². The quantitative estimate of drug-likeness (QED) is 0.488. The van der Waals surface area contributed by atoms with Gasteiger partial charge in [0.15, 0.2) is 5.82 Å². The third-order valence-electron chi connectivity index (χ3n) is 3.92. The number of aromatic nitrogens is 3. The molecule has 3 aromatic rings. The van der Waals surface area contributed by atoms with Gasteiger partial charge >= 0.3 is 0 Å². The van der Waals surface area contributed by atoms with Gasteiger partial charge in [-0.15, -0.1) is 0 Å². The van der Waals surface area contributed by atoms with Crippen molar-refractivity contribution in [3.63, 3.8) is 0 Å². The summed E-state index contributed by atoms with van der Waals surface area (Å²) in [6.45, 7) is 0.271. The van der Waals surface area contributed by atoms with Gasteiger partial charge in [0, 0.05) is 6.42 Å². The van der Waals surface area contributed by atoms with Gasteiger partial charge in [0.05, 0.1) is 23.7 Å². The van der Waals surface area contributed by atoms with Crippen LogP contribution in [-0.4, -0.2) is 35.6 Å². The number of benzene rings is 2. The Balaban J connectivity index is 1.91. The minimum absolute atomic E-state index is 0.00519. The van der Waals surface area contributed by atoms with Crippen molar-refractivity contribution in [2.24, 2.45) is 10.9 Å². The van der Waals surface area contributed by atoms with E-state index in [9.17, 15) is 13.2 Å². The van der Waals surface area contributed by atoms with Crippen LogP contribution in [0.5, 0.6) is 0 Å². The highest BCUT2D eigenvalue weighted by Crippen LogP contribution is 2.15. The summed E-state index contributed by atoms with van der Waals surface area (Å²) in [6, 6.07) is 15.8. The van der Waals surface area contributed by atoms with Crippen molar-refractivity contribution in [3.05, 3.63) is 71.8 Å². The molecule has 9 nitrogen and oxygen atoms in total. The summed E-state index contributed by atoms with van der Waals surface area (Å²) in [5, 5.41) is 12.6. The Labute approximate surface area is 162 Å². The van der Waals surface area contributed by atoms with E-state index in [2.05, 4.69) is 15.4 Å². The molecule has 0 fully saturated rings. The van der Waals surface area contributed by atoms with E-state index >= 15 is 0 Å². The van der Waals surface area contributed by atoms with Gasteiger partial charge in [0.25, 0.3) is 0 Å². The van der Waals surface area contributed by atoms with Crippen molar-refractivity contribution in [2.75, 3.05) is 6.54 Å². The minimum Gasteiger partial charge on any atom is -0.369 e. The number of hydrogen-bond donors (Lipinski definition) is 3. The summed E-state index contributed by atoms with van der Waals surface area (Å²) >= 11 is 0. The number of nitrogens with two attached hydrogens (primary N) is 2. The number of rotatable bonds is 8. The maximum atomic E-state index is 11.4. The normalized spacial score (nSPS) is 11.5. The molecule has 146 valence electrons. The first-order valence-corrected chi connectivity index (χ1v) is 9.98. The summed E-state index contributed by atoms with van der Waals surface area (Å²) in [7, 11) is -3.78. The lowest BCUT2D eigenvalue weighted by Gasteiger charge is -2.07. The zero-order valence-electron chi connectivity index (χ0n) is 14.9. The largest absolute Gasteiger partial charge is 0.369 e. The van der Waals surface area contributed by atoms with Crippen LogP contribution in [0.2, 0.25) is 0 Å². The number of primary sulfonamides is 1. The fourth-order valence-corrected chi connectivity index (χ4v) is 3.16. The number of amides is 1. The molecule has 0 spiro atoms. The van der Waals surface area contributed by atoms with E-state index in [1.165, 1.54) is 12.1 Å². The van der Waals surface area contributed by atoms with E-state index in [1.54, 1.807) is 16.8 Å². The Hall–Kier alpha value is -3.08. The molecular formula is C18H20N6O3S. The second-order valence-corrected chi connectivity index (χ2v) is 7.69. The predicted octanol–water partition coefficient (Wildman–Crippen LogP) is 0.0804. The average molecular weight is 400 g/mol. The topological polar surface area (TPSA) is 146 Å². The zero-order chi connectivity index (χ0) is 20.1. The van der Waals surface area contributed by atoms with Gasteiger partial charge in [-0.1, -0.05) is 30.3 Å². The molecule has 5 N–H and O–H groups in total. The molecule has 0 aliphatic carbocycles. The van der Waals surface area contributed by atoms with Crippen LogP contribution in [0.25, 0.3) is 5.69 Å². The lowest BCUT2D eigenvalue weighted by molar-refractivity contribution is -0.117. The van der Waals surface area contributed by atoms with Crippen molar-refractivity contribution in [1.82, 2.24) is 20.1 Å². The Morgan fingerprint density at radius 1 is 1.07 bits per heavy atom. The van der Waals surface area contributed by atoms with Crippen LogP contribution in [0.4, 0.5) is 0 Å². The van der Waals surface area contributed by atoms with Crippen molar-refractivity contribution in [1.29, 1.82) is 0 Å². The monoisotopic (exact) mass is 400 g/mol. The highest BCUT2D eigenvalue weighted by molar-refractivity contribution is 7.89. The molecular weight excluding hydrogens is 380 g/mol. The molecule has 0 bridgehead atoms. The third kappa shape index (κ3) is 5.00. The van der Waals surface area contributed by atoms with Gasteiger partial charge in [-0.3, -0.25) is 4.79 Å². The second kappa shape index (κ2) is 8.30. The number of nitrogens with one attached hydrogen (secondary N) is 1. The molecule has 0 saturated heterocycles. The van der Waals surface area contributed by atoms with Gasteiger partial charge in [-0.05, 0) is 29.8 Å². The number of hydrogen-bond acceptors (Lipinski definition) is 6. The first-order valence-electron chi connectivity index (χ1n) is 8.44. The molecule has 0 aliphatic rings. The molecule has 1 heterocycles. The maximum absolute atomic E-state index is 11.4. The number of carbonyl (C=O) groups is 1. The molecule has 3 rings (SSSR count). The van der Waals surface area contributed by atoms with Crippen LogP contribution in [0, 0.1) is 0 Å². The number of nitrogens with zero attached hydrogens (tertiary/aromatic N) is 3. The van der Waals surface area contributed by atoms with E-state index in [4.69, 9.17) is 10.9 Å². The lowest BCUT2D eigenvalue weighted by Crippen LogP contribution is -2.29. The summed E-state index contributed by atoms with van der Waals surface area (Å²) in [5.41, 5.74) is 6.83. The van der Waals surface area contributed by atoms with Crippen molar-refractivity contribution >= 4 is 15.9 Å². The molecule has 1 amide bonds. The summed E-state index contributed by atoms with van der Waals surface area (Å²) < 4.78 is 24.5. The summed E-state index contributed by atoms with van der Waals surface area (Å²) in [6.07, 6.45) is 0.534. The standard InChI is InChI=1S/C18H20N6O3S/c19-16(25)11-21-12-18-22-17(10-13-4-2-1-3-5-13)23-24(18)14-6-8-15(9-7-14)28(20,26)27/h1-9,21H,10-12H2,(H2,19,25)(H2,20,26,27). The predicted molar refractivity (Wildman–Crippen MR) is 103 cm³/mol. The van der Waals surface area contributed by atoms with E-state index in [1.807, 2.05) is 30.3 Å².